The quantitative estimate of drug-likeness (QED) is 0.768. The highest BCUT2D eigenvalue weighted by Crippen LogP contribution is 2.35. The van der Waals surface area contributed by atoms with E-state index in [0.717, 1.165) is 36.8 Å². The van der Waals surface area contributed by atoms with E-state index in [1.807, 2.05) is 26.0 Å². The maximum absolute atomic E-state index is 12.5. The van der Waals surface area contributed by atoms with Gasteiger partial charge in [0.05, 0.1) is 0 Å². The Morgan fingerprint density at radius 2 is 1.96 bits per heavy atom. The summed E-state index contributed by atoms with van der Waals surface area (Å²) < 4.78 is 0. The molecule has 0 aromatic heterocycles. The second kappa shape index (κ2) is 7.48. The first-order valence-electron chi connectivity index (χ1n) is 9.38. The van der Waals surface area contributed by atoms with Crippen molar-refractivity contribution >= 4 is 17.8 Å². The van der Waals surface area contributed by atoms with Crippen LogP contribution >= 0.6 is 0 Å². The number of carbonyl (C=O) groups excluding carboxylic acids is 3. The Morgan fingerprint density at radius 3 is 2.65 bits per heavy atom. The number of rotatable bonds is 6. The third-order valence-corrected chi connectivity index (χ3v) is 5.46. The molecule has 1 saturated heterocycles. The Bertz CT molecular complexity index is 723. The molecule has 6 heteroatoms. The fraction of sp³-hybridized carbons (Fsp3) is 0.550. The van der Waals surface area contributed by atoms with E-state index in [1.54, 1.807) is 0 Å². The highest BCUT2D eigenvalue weighted by Gasteiger charge is 2.51. The van der Waals surface area contributed by atoms with Gasteiger partial charge in [0.2, 0.25) is 5.91 Å². The molecule has 2 N–H and O–H groups in total. The lowest BCUT2D eigenvalue weighted by Gasteiger charge is -2.19. The summed E-state index contributed by atoms with van der Waals surface area (Å²) in [5.41, 5.74) is 2.79. The SMILES string of the molecule is Cc1ccc(CNC(=O)CCCN2C(=O)NC3(CCCC3)C2=O)c(C)c1. The number of urea groups is 1. The van der Waals surface area contributed by atoms with Gasteiger partial charge in [0.15, 0.2) is 0 Å². The summed E-state index contributed by atoms with van der Waals surface area (Å²) in [5.74, 6) is -0.178. The molecule has 2 fully saturated rings. The smallest absolute Gasteiger partial charge is 0.325 e. The topological polar surface area (TPSA) is 78.5 Å². The van der Waals surface area contributed by atoms with Gasteiger partial charge >= 0.3 is 6.03 Å². The van der Waals surface area contributed by atoms with Crippen molar-refractivity contribution in [1.29, 1.82) is 0 Å². The minimum Gasteiger partial charge on any atom is -0.352 e. The van der Waals surface area contributed by atoms with E-state index < -0.39 is 5.54 Å². The number of hydrogen-bond donors (Lipinski definition) is 2. The lowest BCUT2D eigenvalue weighted by Crippen LogP contribution is -2.44. The summed E-state index contributed by atoms with van der Waals surface area (Å²) in [6, 6.07) is 5.84. The number of nitrogens with one attached hydrogen (secondary N) is 2. The Balaban J connectivity index is 1.44. The first-order chi connectivity index (χ1) is 12.4. The normalized spacial score (nSPS) is 18.5. The van der Waals surface area contributed by atoms with Crippen LogP contribution in [0.1, 0.15) is 55.2 Å². The predicted molar refractivity (Wildman–Crippen MR) is 98.4 cm³/mol. The van der Waals surface area contributed by atoms with Gasteiger partial charge in [-0.05, 0) is 44.2 Å². The van der Waals surface area contributed by atoms with Crippen LogP contribution in [-0.2, 0) is 16.1 Å². The van der Waals surface area contributed by atoms with Crippen LogP contribution in [0.4, 0.5) is 4.79 Å². The number of amides is 4. The first kappa shape index (κ1) is 18.4. The predicted octanol–water partition coefficient (Wildman–Crippen LogP) is 2.56. The Kier molecular flexibility index (Phi) is 5.30. The molecule has 2 aliphatic rings. The fourth-order valence-electron chi connectivity index (χ4n) is 3.92. The van der Waals surface area contributed by atoms with Crippen LogP contribution in [0.3, 0.4) is 0 Å². The lowest BCUT2D eigenvalue weighted by molar-refractivity contribution is -0.131. The molecule has 6 nitrogen and oxygen atoms in total. The van der Waals surface area contributed by atoms with Crippen molar-refractivity contribution in [2.75, 3.05) is 6.54 Å². The van der Waals surface area contributed by atoms with Gasteiger partial charge in [-0.1, -0.05) is 36.6 Å². The van der Waals surface area contributed by atoms with Gasteiger partial charge in [0.1, 0.15) is 5.54 Å². The molecule has 4 amide bonds. The average Bonchev–Trinajstić information content (AvgIpc) is 3.14. The summed E-state index contributed by atoms with van der Waals surface area (Å²) in [6.07, 6.45) is 4.18. The molecule has 0 unspecified atom stereocenters. The highest BCUT2D eigenvalue weighted by atomic mass is 16.2. The highest BCUT2D eigenvalue weighted by molar-refractivity contribution is 6.07. The zero-order valence-electron chi connectivity index (χ0n) is 15.6. The van der Waals surface area contributed by atoms with Crippen LogP contribution in [0.15, 0.2) is 18.2 Å². The Labute approximate surface area is 154 Å². The number of imide groups is 1. The van der Waals surface area contributed by atoms with E-state index in [0.29, 0.717) is 25.9 Å². The zero-order chi connectivity index (χ0) is 18.7. The average molecular weight is 357 g/mol. The van der Waals surface area contributed by atoms with Crippen LogP contribution in [0, 0.1) is 13.8 Å². The van der Waals surface area contributed by atoms with Crippen LogP contribution < -0.4 is 10.6 Å². The molecule has 1 aromatic carbocycles. The Hall–Kier alpha value is -2.37. The van der Waals surface area contributed by atoms with E-state index in [9.17, 15) is 14.4 Å². The van der Waals surface area contributed by atoms with E-state index in [1.165, 1.54) is 10.5 Å². The van der Waals surface area contributed by atoms with E-state index in [2.05, 4.69) is 16.7 Å². The van der Waals surface area contributed by atoms with Gasteiger partial charge in [0.25, 0.3) is 5.91 Å². The van der Waals surface area contributed by atoms with Crippen molar-refractivity contribution in [2.45, 2.75) is 64.5 Å². The summed E-state index contributed by atoms with van der Waals surface area (Å²) in [6.45, 7) is 4.87. The Morgan fingerprint density at radius 1 is 1.23 bits per heavy atom. The largest absolute Gasteiger partial charge is 0.352 e. The third-order valence-electron chi connectivity index (χ3n) is 5.46. The molecule has 0 atom stereocenters. The molecule has 1 aliphatic heterocycles. The second-order valence-electron chi connectivity index (χ2n) is 7.49. The van der Waals surface area contributed by atoms with Crippen molar-refractivity contribution in [3.05, 3.63) is 34.9 Å². The molecule has 1 aromatic rings. The lowest BCUT2D eigenvalue weighted by atomic mass is 9.98. The number of nitrogens with zero attached hydrogens (tertiary/aromatic N) is 1. The first-order valence-corrected chi connectivity index (χ1v) is 9.38. The monoisotopic (exact) mass is 357 g/mol. The number of aryl methyl sites for hydroxylation is 2. The van der Waals surface area contributed by atoms with E-state index >= 15 is 0 Å². The van der Waals surface area contributed by atoms with E-state index in [-0.39, 0.29) is 17.8 Å². The molecule has 26 heavy (non-hydrogen) atoms. The molecular weight excluding hydrogens is 330 g/mol. The van der Waals surface area contributed by atoms with Gasteiger partial charge < -0.3 is 10.6 Å². The maximum atomic E-state index is 12.5. The van der Waals surface area contributed by atoms with Gasteiger partial charge in [-0.15, -0.1) is 0 Å². The van der Waals surface area contributed by atoms with Gasteiger partial charge in [-0.3, -0.25) is 14.5 Å². The molecule has 0 radical (unpaired) electrons. The number of benzene rings is 1. The molecule has 1 heterocycles. The van der Waals surface area contributed by atoms with Gasteiger partial charge in [0, 0.05) is 19.5 Å². The van der Waals surface area contributed by atoms with Gasteiger partial charge in [-0.25, -0.2) is 4.79 Å². The van der Waals surface area contributed by atoms with Crippen LogP contribution in [0.25, 0.3) is 0 Å². The van der Waals surface area contributed by atoms with Crippen LogP contribution in [-0.4, -0.2) is 34.8 Å². The number of carbonyl (C=O) groups is 3. The van der Waals surface area contributed by atoms with Crippen molar-refractivity contribution in [3.8, 4) is 0 Å². The zero-order valence-corrected chi connectivity index (χ0v) is 15.6. The maximum Gasteiger partial charge on any atom is 0.325 e. The van der Waals surface area contributed by atoms with Crippen molar-refractivity contribution < 1.29 is 14.4 Å². The molecule has 140 valence electrons. The molecular formula is C20H27N3O3. The molecule has 1 aliphatic carbocycles. The molecule has 1 spiro atoms. The molecule has 1 saturated carbocycles. The van der Waals surface area contributed by atoms with Crippen molar-refractivity contribution in [1.82, 2.24) is 15.5 Å². The van der Waals surface area contributed by atoms with Gasteiger partial charge in [-0.2, -0.15) is 0 Å². The van der Waals surface area contributed by atoms with Crippen LogP contribution in [0.5, 0.6) is 0 Å². The summed E-state index contributed by atoms with van der Waals surface area (Å²) in [5, 5.41) is 5.77. The standard InChI is InChI=1S/C20H27N3O3/c1-14-7-8-16(15(2)12-14)13-21-17(24)6-5-11-23-18(25)20(22-19(23)26)9-3-4-10-20/h7-8,12H,3-6,9-11,13H2,1-2H3,(H,21,24)(H,22,26). The summed E-state index contributed by atoms with van der Waals surface area (Å²) >= 11 is 0. The molecule has 3 rings (SSSR count). The minimum absolute atomic E-state index is 0.0624. The van der Waals surface area contributed by atoms with Crippen LogP contribution in [0.2, 0.25) is 0 Å². The fourth-order valence-corrected chi connectivity index (χ4v) is 3.92. The summed E-state index contributed by atoms with van der Waals surface area (Å²) in [4.78, 5) is 38.0. The summed E-state index contributed by atoms with van der Waals surface area (Å²) in [7, 11) is 0. The molecule has 0 bridgehead atoms. The minimum atomic E-state index is -0.664. The van der Waals surface area contributed by atoms with Crippen molar-refractivity contribution in [3.63, 3.8) is 0 Å². The number of hydrogen-bond acceptors (Lipinski definition) is 3. The second-order valence-corrected chi connectivity index (χ2v) is 7.49. The van der Waals surface area contributed by atoms with Crippen molar-refractivity contribution in [2.24, 2.45) is 0 Å². The third kappa shape index (κ3) is 3.74. The van der Waals surface area contributed by atoms with E-state index in [4.69, 9.17) is 0 Å².